The normalized spacial score (nSPS) is 17.7. The Balaban J connectivity index is 1.80. The number of hydrogen-bond acceptors (Lipinski definition) is 5. The van der Waals surface area contributed by atoms with E-state index in [2.05, 4.69) is 5.32 Å². The van der Waals surface area contributed by atoms with Gasteiger partial charge < -0.3 is 19.5 Å². The van der Waals surface area contributed by atoms with E-state index in [0.29, 0.717) is 19.8 Å². The third kappa shape index (κ3) is 6.62. The van der Waals surface area contributed by atoms with E-state index in [1.165, 1.54) is 0 Å². The second-order valence-electron chi connectivity index (χ2n) is 6.85. The van der Waals surface area contributed by atoms with Crippen LogP contribution in [-0.2, 0) is 20.8 Å². The summed E-state index contributed by atoms with van der Waals surface area (Å²) >= 11 is 0. The minimum Gasteiger partial charge on any atom is -0.445 e. The molecule has 0 spiro atoms. The van der Waals surface area contributed by atoms with Crippen LogP contribution in [0.4, 0.5) is 9.59 Å². The maximum Gasteiger partial charge on any atom is 0.410 e. The molecule has 1 saturated heterocycles. The van der Waals surface area contributed by atoms with Gasteiger partial charge in [0.25, 0.3) is 0 Å². The molecule has 0 aromatic heterocycles. The van der Waals surface area contributed by atoms with Crippen molar-refractivity contribution >= 4 is 12.2 Å². The van der Waals surface area contributed by atoms with Crippen LogP contribution in [0.2, 0.25) is 0 Å². The Morgan fingerprint density at radius 1 is 1.28 bits per heavy atom. The number of ether oxygens (including phenoxy) is 3. The lowest BCUT2D eigenvalue weighted by atomic mass is 10.2. The number of benzene rings is 1. The van der Waals surface area contributed by atoms with Crippen LogP contribution in [0.5, 0.6) is 0 Å². The minimum absolute atomic E-state index is 0.198. The van der Waals surface area contributed by atoms with Crippen molar-refractivity contribution in [3.63, 3.8) is 0 Å². The number of rotatable bonds is 4. The first-order chi connectivity index (χ1) is 11.8. The molecule has 138 valence electrons. The molecule has 0 radical (unpaired) electrons. The molecule has 7 nitrogen and oxygen atoms in total. The van der Waals surface area contributed by atoms with Gasteiger partial charge in [0, 0.05) is 13.1 Å². The van der Waals surface area contributed by atoms with E-state index < -0.39 is 17.8 Å². The van der Waals surface area contributed by atoms with E-state index in [1.807, 2.05) is 51.1 Å². The van der Waals surface area contributed by atoms with E-state index >= 15 is 0 Å². The lowest BCUT2D eigenvalue weighted by molar-refractivity contribution is -0.0317. The van der Waals surface area contributed by atoms with Crippen molar-refractivity contribution in [2.75, 3.05) is 26.3 Å². The van der Waals surface area contributed by atoms with E-state index in [0.717, 1.165) is 5.56 Å². The summed E-state index contributed by atoms with van der Waals surface area (Å²) in [6, 6.07) is 9.15. The Morgan fingerprint density at radius 3 is 2.68 bits per heavy atom. The van der Waals surface area contributed by atoms with Crippen LogP contribution < -0.4 is 5.32 Å². The van der Waals surface area contributed by atoms with Gasteiger partial charge in [-0.15, -0.1) is 0 Å². The van der Waals surface area contributed by atoms with Crippen molar-refractivity contribution in [1.82, 2.24) is 10.2 Å². The maximum atomic E-state index is 12.3. The number of hydrogen-bond donors (Lipinski definition) is 1. The Bertz CT molecular complexity index is 571. The first-order valence-corrected chi connectivity index (χ1v) is 8.37. The molecule has 25 heavy (non-hydrogen) atoms. The van der Waals surface area contributed by atoms with Crippen LogP contribution in [0, 0.1) is 0 Å². The monoisotopic (exact) mass is 350 g/mol. The molecular formula is C18H26N2O5. The molecule has 1 heterocycles. The van der Waals surface area contributed by atoms with Crippen LogP contribution in [0.15, 0.2) is 30.3 Å². The van der Waals surface area contributed by atoms with Crippen molar-refractivity contribution in [2.45, 2.75) is 39.0 Å². The number of morpholine rings is 1. The highest BCUT2D eigenvalue weighted by Gasteiger charge is 2.31. The second kappa shape index (κ2) is 8.71. The summed E-state index contributed by atoms with van der Waals surface area (Å²) in [6.07, 6.45) is -0.932. The predicted octanol–water partition coefficient (Wildman–Crippen LogP) is 2.55. The fourth-order valence-corrected chi connectivity index (χ4v) is 2.36. The zero-order chi connectivity index (χ0) is 18.3. The molecule has 1 N–H and O–H groups in total. The molecule has 0 aliphatic carbocycles. The molecule has 0 bridgehead atoms. The van der Waals surface area contributed by atoms with Crippen molar-refractivity contribution in [2.24, 2.45) is 0 Å². The summed E-state index contributed by atoms with van der Waals surface area (Å²) in [5.74, 6) is 0. The fourth-order valence-electron chi connectivity index (χ4n) is 2.36. The average Bonchev–Trinajstić information content (AvgIpc) is 2.58. The number of carbonyl (C=O) groups excluding carboxylic acids is 2. The molecular weight excluding hydrogens is 324 g/mol. The van der Waals surface area contributed by atoms with E-state index in [-0.39, 0.29) is 19.2 Å². The summed E-state index contributed by atoms with van der Waals surface area (Å²) in [4.78, 5) is 25.7. The SMILES string of the molecule is CC(C)(C)OC(=O)N1CCOCC1CNC(=O)OCc1ccccc1. The van der Waals surface area contributed by atoms with Gasteiger partial charge in [0.1, 0.15) is 12.2 Å². The van der Waals surface area contributed by atoms with Crippen LogP contribution in [0.25, 0.3) is 0 Å². The topological polar surface area (TPSA) is 77.1 Å². The second-order valence-corrected chi connectivity index (χ2v) is 6.85. The van der Waals surface area contributed by atoms with Crippen LogP contribution in [0.1, 0.15) is 26.3 Å². The standard InChI is InChI=1S/C18H26N2O5/c1-18(2,3)25-17(22)20-9-10-23-13-15(20)11-19-16(21)24-12-14-7-5-4-6-8-14/h4-8,15H,9-13H2,1-3H3,(H,19,21). The summed E-state index contributed by atoms with van der Waals surface area (Å²) in [5, 5.41) is 2.68. The lowest BCUT2D eigenvalue weighted by Crippen LogP contribution is -2.54. The van der Waals surface area contributed by atoms with Gasteiger partial charge in [-0.25, -0.2) is 9.59 Å². The van der Waals surface area contributed by atoms with Crippen molar-refractivity contribution in [1.29, 1.82) is 0 Å². The van der Waals surface area contributed by atoms with Crippen molar-refractivity contribution < 1.29 is 23.8 Å². The number of nitrogens with one attached hydrogen (secondary N) is 1. The molecule has 1 unspecified atom stereocenters. The average molecular weight is 350 g/mol. The van der Waals surface area contributed by atoms with Crippen molar-refractivity contribution in [3.05, 3.63) is 35.9 Å². The van der Waals surface area contributed by atoms with E-state index in [1.54, 1.807) is 4.90 Å². The molecule has 1 aliphatic rings. The van der Waals surface area contributed by atoms with Crippen molar-refractivity contribution in [3.8, 4) is 0 Å². The molecule has 2 rings (SSSR count). The number of amides is 2. The Labute approximate surface area is 148 Å². The highest BCUT2D eigenvalue weighted by molar-refractivity contribution is 5.69. The zero-order valence-electron chi connectivity index (χ0n) is 15.0. The Hall–Kier alpha value is -2.28. The van der Waals surface area contributed by atoms with Gasteiger partial charge >= 0.3 is 12.2 Å². The van der Waals surface area contributed by atoms with Crippen LogP contribution >= 0.6 is 0 Å². The van der Waals surface area contributed by atoms with E-state index in [4.69, 9.17) is 14.2 Å². The summed E-state index contributed by atoms with van der Waals surface area (Å²) in [6.45, 7) is 7.13. The van der Waals surface area contributed by atoms with E-state index in [9.17, 15) is 9.59 Å². The van der Waals surface area contributed by atoms with Gasteiger partial charge in [-0.05, 0) is 26.3 Å². The summed E-state index contributed by atoms with van der Waals surface area (Å²) in [7, 11) is 0. The molecule has 1 atom stereocenters. The van der Waals surface area contributed by atoms with Gasteiger partial charge in [-0.2, -0.15) is 0 Å². The zero-order valence-corrected chi connectivity index (χ0v) is 15.0. The highest BCUT2D eigenvalue weighted by atomic mass is 16.6. The Morgan fingerprint density at radius 2 is 2.00 bits per heavy atom. The number of carbonyl (C=O) groups is 2. The highest BCUT2D eigenvalue weighted by Crippen LogP contribution is 2.14. The van der Waals surface area contributed by atoms with Gasteiger partial charge in [0.05, 0.1) is 19.3 Å². The summed E-state index contributed by atoms with van der Waals surface area (Å²) < 4.78 is 16.0. The predicted molar refractivity (Wildman–Crippen MR) is 92.2 cm³/mol. The molecule has 1 aromatic rings. The maximum absolute atomic E-state index is 12.3. The molecule has 1 fully saturated rings. The summed E-state index contributed by atoms with van der Waals surface area (Å²) in [5.41, 5.74) is 0.344. The smallest absolute Gasteiger partial charge is 0.410 e. The van der Waals surface area contributed by atoms with Gasteiger partial charge in [-0.1, -0.05) is 30.3 Å². The van der Waals surface area contributed by atoms with Gasteiger partial charge in [0.2, 0.25) is 0 Å². The van der Waals surface area contributed by atoms with Crippen LogP contribution in [0.3, 0.4) is 0 Å². The van der Waals surface area contributed by atoms with Crippen LogP contribution in [-0.4, -0.2) is 55.0 Å². The number of nitrogens with zero attached hydrogens (tertiary/aromatic N) is 1. The molecule has 2 amide bonds. The molecule has 1 aliphatic heterocycles. The molecule has 7 heteroatoms. The number of alkyl carbamates (subject to hydrolysis) is 1. The third-order valence-corrected chi connectivity index (χ3v) is 3.55. The minimum atomic E-state index is -0.567. The quantitative estimate of drug-likeness (QED) is 0.903. The first kappa shape index (κ1) is 19.1. The molecule has 0 saturated carbocycles. The Kier molecular flexibility index (Phi) is 6.64. The molecule has 1 aromatic carbocycles. The fraction of sp³-hybridized carbons (Fsp3) is 0.556. The van der Waals surface area contributed by atoms with Gasteiger partial charge in [0.15, 0.2) is 0 Å². The van der Waals surface area contributed by atoms with Gasteiger partial charge in [-0.3, -0.25) is 4.90 Å². The largest absolute Gasteiger partial charge is 0.445 e. The third-order valence-electron chi connectivity index (χ3n) is 3.55. The first-order valence-electron chi connectivity index (χ1n) is 8.37. The lowest BCUT2D eigenvalue weighted by Gasteiger charge is -2.36.